The van der Waals surface area contributed by atoms with E-state index in [4.69, 9.17) is 0 Å². The van der Waals surface area contributed by atoms with Crippen LogP contribution < -0.4 is 4.46 Å². The monoisotopic (exact) mass is 720 g/mol. The van der Waals surface area contributed by atoms with Crippen molar-refractivity contribution >= 4 is 53.8 Å². The number of aryl methyl sites for hydroxylation is 1. The van der Waals surface area contributed by atoms with Crippen LogP contribution in [0, 0.1) is 6.92 Å². The molecule has 10 heteroatoms. The maximum absolute atomic E-state index is 14.5. The Balaban J connectivity index is 1.93. The molecule has 0 aliphatic rings. The normalized spacial score (nSPS) is 12.6. The molecule has 0 spiro atoms. The SMILES string of the molecule is Cc1ccc(S(=O)(=O)/C(=C(\C=C(S(=O)(=O)c2ccccc2)S(=O)(=O)c2ccccc2)[Se]c2ccccc2)c2ccccc2)cc1. The van der Waals surface area contributed by atoms with Gasteiger partial charge in [0.2, 0.25) is 0 Å². The first kappa shape index (κ1) is 32.3. The van der Waals surface area contributed by atoms with Gasteiger partial charge >= 0.3 is 272 Å². The Hall–Kier alpha value is -4.05. The molecule has 228 valence electrons. The van der Waals surface area contributed by atoms with E-state index in [-0.39, 0.29) is 24.1 Å². The Morgan fingerprint density at radius 1 is 0.489 bits per heavy atom. The van der Waals surface area contributed by atoms with E-state index in [1.54, 1.807) is 78.9 Å². The Labute approximate surface area is 270 Å². The van der Waals surface area contributed by atoms with Crippen molar-refractivity contribution in [2.75, 3.05) is 0 Å². The summed E-state index contributed by atoms with van der Waals surface area (Å²) in [5.74, 6) is 0. The van der Waals surface area contributed by atoms with Crippen LogP contribution in [-0.4, -0.2) is 40.2 Å². The van der Waals surface area contributed by atoms with Gasteiger partial charge in [-0.05, 0) is 0 Å². The van der Waals surface area contributed by atoms with Crippen LogP contribution in [0.3, 0.4) is 0 Å². The predicted molar refractivity (Wildman–Crippen MR) is 179 cm³/mol. The number of hydrogen-bond acceptors (Lipinski definition) is 6. The molecule has 0 radical (unpaired) electrons. The number of benzene rings is 5. The fourth-order valence-corrected chi connectivity index (χ4v) is 12.9. The van der Waals surface area contributed by atoms with Gasteiger partial charge in [-0.1, -0.05) is 0 Å². The van der Waals surface area contributed by atoms with Gasteiger partial charge in [-0.2, -0.15) is 0 Å². The second-order valence-corrected chi connectivity index (χ2v) is 18.2. The number of hydrogen-bond donors (Lipinski definition) is 0. The van der Waals surface area contributed by atoms with Crippen LogP contribution in [0.5, 0.6) is 0 Å². The molecule has 0 unspecified atom stereocenters. The van der Waals surface area contributed by atoms with E-state index in [1.165, 1.54) is 60.7 Å². The first-order valence-electron chi connectivity index (χ1n) is 13.7. The van der Waals surface area contributed by atoms with Crippen LogP contribution >= 0.6 is 0 Å². The van der Waals surface area contributed by atoms with Gasteiger partial charge in [0.1, 0.15) is 0 Å². The number of rotatable bonds is 10. The summed E-state index contributed by atoms with van der Waals surface area (Å²) < 4.78 is 85.9. The standard InChI is InChI=1S/C35H28O6S3Se/c1-27-22-24-31(25-23-27)44(40,41)35(28-14-6-2-7-15-28)33(45-32-20-12-5-13-21-32)26-34(42(36,37)29-16-8-3-9-17-29)43(38,39)30-18-10-4-11-19-30/h2-26H,1H3/b35-33+. The van der Waals surface area contributed by atoms with Gasteiger partial charge < -0.3 is 0 Å². The summed E-state index contributed by atoms with van der Waals surface area (Å²) in [5, 5.41) is 0. The zero-order valence-electron chi connectivity index (χ0n) is 24.0. The molecule has 6 nitrogen and oxygen atoms in total. The molecule has 0 aliphatic carbocycles. The topological polar surface area (TPSA) is 102 Å². The minimum atomic E-state index is -4.67. The zero-order chi connectivity index (χ0) is 32.1. The summed E-state index contributed by atoms with van der Waals surface area (Å²) in [4.78, 5) is -0.630. The van der Waals surface area contributed by atoms with Gasteiger partial charge in [-0.25, -0.2) is 0 Å². The average Bonchev–Trinajstić information content (AvgIpc) is 3.05. The summed E-state index contributed by atoms with van der Waals surface area (Å²) in [6, 6.07) is 38.2. The fourth-order valence-electron chi connectivity index (χ4n) is 4.45. The molecule has 0 aromatic heterocycles. The molecule has 0 amide bonds. The third-order valence-electron chi connectivity index (χ3n) is 6.72. The molecule has 0 fully saturated rings. The average molecular weight is 720 g/mol. The summed E-state index contributed by atoms with van der Waals surface area (Å²) >= 11 is -0.853. The van der Waals surface area contributed by atoms with Crippen molar-refractivity contribution in [3.8, 4) is 0 Å². The van der Waals surface area contributed by atoms with Crippen LogP contribution in [0.1, 0.15) is 11.1 Å². The van der Waals surface area contributed by atoms with Crippen molar-refractivity contribution in [1.29, 1.82) is 0 Å². The van der Waals surface area contributed by atoms with Gasteiger partial charge in [0.25, 0.3) is 0 Å². The molecule has 5 rings (SSSR count). The maximum atomic E-state index is 14.5. The molecule has 0 aliphatic heterocycles. The first-order valence-corrected chi connectivity index (χ1v) is 19.8. The number of allylic oxidation sites excluding steroid dienone is 2. The van der Waals surface area contributed by atoms with Crippen LogP contribution in [0.25, 0.3) is 4.91 Å². The van der Waals surface area contributed by atoms with E-state index >= 15 is 0 Å². The van der Waals surface area contributed by atoms with E-state index in [9.17, 15) is 25.3 Å². The minimum absolute atomic E-state index is 0.0000905. The van der Waals surface area contributed by atoms with Gasteiger partial charge in [-0.15, -0.1) is 0 Å². The van der Waals surface area contributed by atoms with E-state index in [2.05, 4.69) is 0 Å². The Morgan fingerprint density at radius 3 is 1.36 bits per heavy atom. The summed E-state index contributed by atoms with van der Waals surface area (Å²) in [6.07, 6.45) is 1.05. The summed E-state index contributed by atoms with van der Waals surface area (Å²) in [5.41, 5.74) is 1.16. The van der Waals surface area contributed by atoms with Crippen molar-refractivity contribution in [2.45, 2.75) is 21.6 Å². The van der Waals surface area contributed by atoms with Gasteiger partial charge in [0.15, 0.2) is 0 Å². The molecule has 0 N–H and O–H groups in total. The van der Waals surface area contributed by atoms with E-state index in [1.807, 2.05) is 13.0 Å². The van der Waals surface area contributed by atoms with Crippen LogP contribution in [0.15, 0.2) is 175 Å². The summed E-state index contributed by atoms with van der Waals surface area (Å²) in [7, 11) is -13.6. The molecule has 0 heterocycles. The van der Waals surface area contributed by atoms with Crippen molar-refractivity contribution in [3.05, 3.63) is 172 Å². The number of sulfone groups is 3. The van der Waals surface area contributed by atoms with Gasteiger partial charge in [0, 0.05) is 0 Å². The Morgan fingerprint density at radius 2 is 0.889 bits per heavy atom. The second kappa shape index (κ2) is 13.5. The van der Waals surface area contributed by atoms with Crippen molar-refractivity contribution in [3.63, 3.8) is 0 Å². The zero-order valence-corrected chi connectivity index (χ0v) is 28.2. The molecule has 0 bridgehead atoms. The Kier molecular flexibility index (Phi) is 9.72. The van der Waals surface area contributed by atoms with Crippen LogP contribution in [-0.2, 0) is 29.5 Å². The van der Waals surface area contributed by atoms with E-state index < -0.39 is 48.7 Å². The molecule has 0 saturated heterocycles. The molecular weight excluding hydrogens is 692 g/mol. The fraction of sp³-hybridized carbons (Fsp3) is 0.0286. The van der Waals surface area contributed by atoms with Gasteiger partial charge in [-0.3, -0.25) is 0 Å². The molecule has 0 atom stereocenters. The quantitative estimate of drug-likeness (QED) is 0.131. The van der Waals surface area contributed by atoms with E-state index in [0.29, 0.717) is 5.56 Å². The molecule has 0 saturated carbocycles. The summed E-state index contributed by atoms with van der Waals surface area (Å²) in [6.45, 7) is 1.84. The van der Waals surface area contributed by atoms with Crippen LogP contribution in [0.2, 0.25) is 0 Å². The van der Waals surface area contributed by atoms with Crippen LogP contribution in [0.4, 0.5) is 0 Å². The molecular formula is C35H28O6S3Se. The molecule has 5 aromatic carbocycles. The molecule has 45 heavy (non-hydrogen) atoms. The van der Waals surface area contributed by atoms with Crippen molar-refractivity contribution in [1.82, 2.24) is 0 Å². The Bertz CT molecular complexity index is 2110. The third-order valence-corrected chi connectivity index (χ3v) is 15.5. The molecule has 5 aromatic rings. The predicted octanol–water partition coefficient (Wildman–Crippen LogP) is 5.96. The third kappa shape index (κ3) is 7.11. The second-order valence-electron chi connectivity index (χ2n) is 9.89. The van der Waals surface area contributed by atoms with Gasteiger partial charge in [0.05, 0.1) is 0 Å². The van der Waals surface area contributed by atoms with Crippen molar-refractivity contribution in [2.24, 2.45) is 0 Å². The van der Waals surface area contributed by atoms with E-state index in [0.717, 1.165) is 16.1 Å². The first-order chi connectivity index (χ1) is 21.5. The van der Waals surface area contributed by atoms with Crippen molar-refractivity contribution < 1.29 is 25.3 Å².